The van der Waals surface area contributed by atoms with Gasteiger partial charge in [-0.05, 0) is 65.1 Å². The molecule has 1 aromatic carbocycles. The third kappa shape index (κ3) is 4.25. The fourth-order valence-electron chi connectivity index (χ4n) is 2.70. The van der Waals surface area contributed by atoms with Crippen molar-refractivity contribution in [3.63, 3.8) is 0 Å². The number of halogens is 1. The Kier molecular flexibility index (Phi) is 5.29. The van der Waals surface area contributed by atoms with E-state index in [1.54, 1.807) is 0 Å². The van der Waals surface area contributed by atoms with Crippen LogP contribution in [0.5, 0.6) is 0 Å². The second kappa shape index (κ2) is 6.74. The van der Waals surface area contributed by atoms with Crippen LogP contribution in [0.1, 0.15) is 38.2 Å². The average molecular weight is 343 g/mol. The summed E-state index contributed by atoms with van der Waals surface area (Å²) >= 11 is 2.35. The molecule has 1 fully saturated rings. The first kappa shape index (κ1) is 13.3. The predicted octanol–water partition coefficient (Wildman–Crippen LogP) is 4.21. The molecule has 0 aliphatic heterocycles. The molecule has 0 saturated heterocycles. The highest BCUT2D eigenvalue weighted by molar-refractivity contribution is 14.1. The molecule has 1 aliphatic carbocycles. The summed E-state index contributed by atoms with van der Waals surface area (Å²) < 4.78 is 1.31. The van der Waals surface area contributed by atoms with Crippen molar-refractivity contribution in [2.24, 2.45) is 11.8 Å². The van der Waals surface area contributed by atoms with Gasteiger partial charge in [-0.2, -0.15) is 0 Å². The van der Waals surface area contributed by atoms with Crippen molar-refractivity contribution in [1.29, 1.82) is 0 Å². The largest absolute Gasteiger partial charge is 0.312 e. The van der Waals surface area contributed by atoms with E-state index < -0.39 is 0 Å². The smallest absolute Gasteiger partial charge is 0.0205 e. The third-order valence-electron chi connectivity index (χ3n) is 3.94. The third-order valence-corrected chi connectivity index (χ3v) is 4.66. The maximum atomic E-state index is 3.62. The summed E-state index contributed by atoms with van der Waals surface area (Å²) in [5, 5.41) is 3.62. The van der Waals surface area contributed by atoms with Crippen LogP contribution in [0, 0.1) is 15.4 Å². The first-order valence-corrected chi connectivity index (χ1v) is 7.79. The highest BCUT2D eigenvalue weighted by Crippen LogP contribution is 2.28. The van der Waals surface area contributed by atoms with Crippen molar-refractivity contribution in [1.82, 2.24) is 5.32 Å². The number of hydrogen-bond acceptors (Lipinski definition) is 1. The Morgan fingerprint density at radius 2 is 1.88 bits per heavy atom. The van der Waals surface area contributed by atoms with Gasteiger partial charge in [0.05, 0.1) is 0 Å². The Morgan fingerprint density at radius 3 is 2.59 bits per heavy atom. The molecule has 2 rings (SSSR count). The minimum absolute atomic E-state index is 0.896. The van der Waals surface area contributed by atoms with Gasteiger partial charge in [0, 0.05) is 10.1 Å². The minimum atomic E-state index is 0.896. The van der Waals surface area contributed by atoms with Crippen molar-refractivity contribution in [3.8, 4) is 0 Å². The highest BCUT2D eigenvalue weighted by Gasteiger charge is 2.20. The van der Waals surface area contributed by atoms with E-state index in [-0.39, 0.29) is 0 Å². The van der Waals surface area contributed by atoms with E-state index in [4.69, 9.17) is 0 Å². The van der Waals surface area contributed by atoms with Crippen LogP contribution in [0.15, 0.2) is 24.3 Å². The molecule has 1 aliphatic rings. The molecular weight excluding hydrogens is 321 g/mol. The molecule has 0 bridgehead atoms. The molecule has 0 radical (unpaired) electrons. The first-order valence-electron chi connectivity index (χ1n) is 6.71. The summed E-state index contributed by atoms with van der Waals surface area (Å²) in [6.45, 7) is 4.61. The van der Waals surface area contributed by atoms with Crippen molar-refractivity contribution < 1.29 is 0 Å². The number of benzene rings is 1. The van der Waals surface area contributed by atoms with Gasteiger partial charge in [0.25, 0.3) is 0 Å². The zero-order valence-electron chi connectivity index (χ0n) is 10.6. The maximum Gasteiger partial charge on any atom is 0.0205 e. The SMILES string of the molecule is CC1CCCCC1CNCc1ccc(I)cc1. The van der Waals surface area contributed by atoms with Crippen LogP contribution < -0.4 is 5.32 Å². The van der Waals surface area contributed by atoms with E-state index in [1.807, 2.05) is 0 Å². The molecule has 2 heteroatoms. The lowest BCUT2D eigenvalue weighted by Gasteiger charge is -2.28. The van der Waals surface area contributed by atoms with Crippen molar-refractivity contribution in [2.75, 3.05) is 6.54 Å². The van der Waals surface area contributed by atoms with Gasteiger partial charge in [0.15, 0.2) is 0 Å². The Morgan fingerprint density at radius 1 is 1.18 bits per heavy atom. The molecule has 1 N–H and O–H groups in total. The molecular formula is C15H22IN. The lowest BCUT2D eigenvalue weighted by Crippen LogP contribution is -2.29. The molecule has 0 spiro atoms. The van der Waals surface area contributed by atoms with Crippen molar-refractivity contribution >= 4 is 22.6 Å². The fourth-order valence-corrected chi connectivity index (χ4v) is 3.06. The van der Waals surface area contributed by atoms with Crippen molar-refractivity contribution in [2.45, 2.75) is 39.2 Å². The topological polar surface area (TPSA) is 12.0 Å². The Balaban J connectivity index is 1.73. The van der Waals surface area contributed by atoms with Crippen LogP contribution in [0.4, 0.5) is 0 Å². The summed E-state index contributed by atoms with van der Waals surface area (Å²) in [5.41, 5.74) is 1.40. The van der Waals surface area contributed by atoms with E-state index in [9.17, 15) is 0 Å². The predicted molar refractivity (Wildman–Crippen MR) is 82.0 cm³/mol. The van der Waals surface area contributed by atoms with Gasteiger partial charge in [-0.3, -0.25) is 0 Å². The van der Waals surface area contributed by atoms with Crippen LogP contribution in [0.25, 0.3) is 0 Å². The quantitative estimate of drug-likeness (QED) is 0.808. The molecule has 94 valence electrons. The van der Waals surface area contributed by atoms with Gasteiger partial charge in [-0.1, -0.05) is 38.3 Å². The van der Waals surface area contributed by atoms with E-state index >= 15 is 0 Å². The fraction of sp³-hybridized carbons (Fsp3) is 0.600. The summed E-state index contributed by atoms with van der Waals surface area (Å²) in [7, 11) is 0. The zero-order valence-corrected chi connectivity index (χ0v) is 12.7. The molecule has 2 unspecified atom stereocenters. The standard InChI is InChI=1S/C15H22IN/c1-12-4-2-3-5-14(12)11-17-10-13-6-8-15(16)9-7-13/h6-9,12,14,17H,2-5,10-11H2,1H3. The second-order valence-electron chi connectivity index (χ2n) is 5.28. The second-order valence-corrected chi connectivity index (χ2v) is 6.52. The van der Waals surface area contributed by atoms with Gasteiger partial charge in [0.1, 0.15) is 0 Å². The maximum absolute atomic E-state index is 3.62. The molecule has 2 atom stereocenters. The highest BCUT2D eigenvalue weighted by atomic mass is 127. The monoisotopic (exact) mass is 343 g/mol. The molecule has 1 saturated carbocycles. The van der Waals surface area contributed by atoms with Gasteiger partial charge < -0.3 is 5.32 Å². The van der Waals surface area contributed by atoms with E-state index in [2.05, 4.69) is 59.1 Å². The van der Waals surface area contributed by atoms with Gasteiger partial charge in [-0.25, -0.2) is 0 Å². The molecule has 1 nitrogen and oxygen atoms in total. The number of nitrogens with one attached hydrogen (secondary N) is 1. The lowest BCUT2D eigenvalue weighted by atomic mass is 9.80. The number of rotatable bonds is 4. The molecule has 0 aromatic heterocycles. The lowest BCUT2D eigenvalue weighted by molar-refractivity contribution is 0.247. The van der Waals surface area contributed by atoms with Gasteiger partial charge in [0.2, 0.25) is 0 Å². The summed E-state index contributed by atoms with van der Waals surface area (Å²) in [4.78, 5) is 0. The Bertz CT molecular complexity index is 333. The van der Waals surface area contributed by atoms with Crippen LogP contribution in [-0.2, 0) is 6.54 Å². The minimum Gasteiger partial charge on any atom is -0.312 e. The van der Waals surface area contributed by atoms with E-state index in [1.165, 1.54) is 41.4 Å². The van der Waals surface area contributed by atoms with Gasteiger partial charge >= 0.3 is 0 Å². The van der Waals surface area contributed by atoms with E-state index in [0.717, 1.165) is 18.4 Å². The first-order chi connectivity index (χ1) is 8.25. The Hall–Kier alpha value is -0.0900. The van der Waals surface area contributed by atoms with E-state index in [0.29, 0.717) is 0 Å². The number of hydrogen-bond donors (Lipinski definition) is 1. The van der Waals surface area contributed by atoms with Gasteiger partial charge in [-0.15, -0.1) is 0 Å². The van der Waals surface area contributed by atoms with Crippen LogP contribution in [-0.4, -0.2) is 6.54 Å². The van der Waals surface area contributed by atoms with Crippen LogP contribution in [0.3, 0.4) is 0 Å². The molecule has 0 amide bonds. The molecule has 0 heterocycles. The Labute approximate surface area is 119 Å². The summed E-state index contributed by atoms with van der Waals surface area (Å²) in [6.07, 6.45) is 5.71. The van der Waals surface area contributed by atoms with Crippen molar-refractivity contribution in [3.05, 3.63) is 33.4 Å². The zero-order chi connectivity index (χ0) is 12.1. The molecule has 17 heavy (non-hydrogen) atoms. The average Bonchev–Trinajstić information content (AvgIpc) is 2.34. The summed E-state index contributed by atoms with van der Waals surface area (Å²) in [6, 6.07) is 8.81. The summed E-state index contributed by atoms with van der Waals surface area (Å²) in [5.74, 6) is 1.81. The molecule has 1 aromatic rings. The normalized spacial score (nSPS) is 24.8. The van der Waals surface area contributed by atoms with Crippen LogP contribution >= 0.6 is 22.6 Å². The van der Waals surface area contributed by atoms with Crippen LogP contribution in [0.2, 0.25) is 0 Å².